The Bertz CT molecular complexity index is 1810. The van der Waals surface area contributed by atoms with Crippen molar-refractivity contribution in [3.63, 3.8) is 0 Å². The van der Waals surface area contributed by atoms with Gasteiger partial charge in [-0.05, 0) is 72.2 Å². The molecule has 2 atom stereocenters. The van der Waals surface area contributed by atoms with Crippen LogP contribution in [0, 0.1) is 24.7 Å². The van der Waals surface area contributed by atoms with Crippen LogP contribution in [0.3, 0.4) is 0 Å². The molecule has 3 fully saturated rings. The number of hydrogen-bond acceptors (Lipinski definition) is 4. The van der Waals surface area contributed by atoms with Crippen molar-refractivity contribution in [2.45, 2.75) is 44.9 Å². The summed E-state index contributed by atoms with van der Waals surface area (Å²) < 4.78 is 1.28. The van der Waals surface area contributed by atoms with Gasteiger partial charge in [-0.1, -0.05) is 24.3 Å². The summed E-state index contributed by atoms with van der Waals surface area (Å²) in [5.74, 6) is 1.33. The number of benzene rings is 3. The summed E-state index contributed by atoms with van der Waals surface area (Å²) in [7, 11) is 0. The van der Waals surface area contributed by atoms with Crippen LogP contribution in [0.2, 0.25) is 0 Å². The van der Waals surface area contributed by atoms with Gasteiger partial charge in [0.25, 0.3) is 0 Å². The monoisotopic (exact) mass is 604 g/mol. The van der Waals surface area contributed by atoms with Crippen LogP contribution in [-0.4, -0.2) is 41.8 Å². The number of aromatic hydroxyl groups is 1. The molecular weight excluding hydrogens is 575 g/mol. The lowest BCUT2D eigenvalue weighted by atomic mass is 9.34. The fourth-order valence-electron chi connectivity index (χ4n) is 8.47. The van der Waals surface area contributed by atoms with Crippen LogP contribution in [0.4, 0.5) is 11.4 Å². The lowest BCUT2D eigenvalue weighted by Gasteiger charge is -2.69. The molecule has 5 aliphatic rings. The Morgan fingerprint density at radius 2 is 1.44 bits per heavy atom. The molecule has 2 aliphatic heterocycles. The third-order valence-electron chi connectivity index (χ3n) is 10.3. The quantitative estimate of drug-likeness (QED) is 0.244. The van der Waals surface area contributed by atoms with Gasteiger partial charge in [-0.25, -0.2) is 0 Å². The zero-order valence-corrected chi connectivity index (χ0v) is 25.3. The molecule has 8 heteroatoms. The minimum atomic E-state index is -0.520. The third-order valence-corrected chi connectivity index (χ3v) is 12.3. The number of hydrogen-bond donors (Lipinski definition) is 1. The molecule has 210 valence electrons. The molecule has 1 N–H and O–H groups in total. The van der Waals surface area contributed by atoms with Crippen molar-refractivity contribution >= 4 is 78.6 Å². The molecule has 4 aromatic rings. The summed E-state index contributed by atoms with van der Waals surface area (Å²) in [6.45, 7) is 5.35. The van der Waals surface area contributed by atoms with Crippen LogP contribution >= 0.6 is 34.5 Å². The fourth-order valence-corrected chi connectivity index (χ4v) is 10.0. The SMILES string of the molecule is Cc1cc2c(c3c(C)csc13)[C@H](CCl)CN2C(=O)C12CC(C(=O)N3C[C@@H](CCl)c4c3cc(O)c3ccccc43)(C1)C2. The number of carbonyl (C=O) groups excluding carboxylic acids is 2. The highest BCUT2D eigenvalue weighted by molar-refractivity contribution is 7.17. The van der Waals surface area contributed by atoms with Gasteiger partial charge in [0.1, 0.15) is 5.75 Å². The molecule has 3 saturated carbocycles. The summed E-state index contributed by atoms with van der Waals surface area (Å²) in [4.78, 5) is 32.1. The molecule has 9 rings (SSSR count). The van der Waals surface area contributed by atoms with Gasteiger partial charge >= 0.3 is 0 Å². The molecule has 0 unspecified atom stereocenters. The topological polar surface area (TPSA) is 60.9 Å². The number of fused-ring (bicyclic) bond motifs is 6. The van der Waals surface area contributed by atoms with Crippen molar-refractivity contribution in [2.75, 3.05) is 34.6 Å². The predicted octanol–water partition coefficient (Wildman–Crippen LogP) is 7.59. The van der Waals surface area contributed by atoms with E-state index in [1.807, 2.05) is 34.1 Å². The van der Waals surface area contributed by atoms with Gasteiger partial charge in [0, 0.05) is 63.9 Å². The normalized spacial score (nSPS) is 27.6. The van der Waals surface area contributed by atoms with E-state index in [9.17, 15) is 14.7 Å². The number of rotatable bonds is 4. The molecule has 2 bridgehead atoms. The third kappa shape index (κ3) is 3.24. The first-order chi connectivity index (χ1) is 19.7. The van der Waals surface area contributed by atoms with Gasteiger partial charge in [0.05, 0.1) is 16.5 Å². The van der Waals surface area contributed by atoms with Gasteiger partial charge in [0.2, 0.25) is 11.8 Å². The predicted molar refractivity (Wildman–Crippen MR) is 167 cm³/mol. The maximum Gasteiger partial charge on any atom is 0.233 e. The van der Waals surface area contributed by atoms with Crippen molar-refractivity contribution in [3.05, 3.63) is 64.0 Å². The Morgan fingerprint density at radius 1 is 0.878 bits per heavy atom. The average molecular weight is 606 g/mol. The number of alkyl halides is 2. The Kier molecular flexibility index (Phi) is 5.44. The molecule has 0 spiro atoms. The van der Waals surface area contributed by atoms with Crippen LogP contribution in [0.15, 0.2) is 41.8 Å². The largest absolute Gasteiger partial charge is 0.507 e. The van der Waals surface area contributed by atoms with E-state index in [1.165, 1.54) is 26.8 Å². The molecule has 3 aliphatic carbocycles. The first-order valence-corrected chi connectivity index (χ1v) is 16.2. The number of carbonyl (C=O) groups is 2. The molecule has 41 heavy (non-hydrogen) atoms. The molecule has 5 nitrogen and oxygen atoms in total. The Labute approximate surface area is 252 Å². The van der Waals surface area contributed by atoms with Crippen molar-refractivity contribution < 1.29 is 14.7 Å². The first kappa shape index (κ1) is 25.9. The minimum Gasteiger partial charge on any atom is -0.507 e. The lowest BCUT2D eigenvalue weighted by Crippen LogP contribution is -2.73. The number of thiophene rings is 1. The van der Waals surface area contributed by atoms with Gasteiger partial charge in [-0.2, -0.15) is 0 Å². The van der Waals surface area contributed by atoms with Gasteiger partial charge in [-0.3, -0.25) is 9.59 Å². The Morgan fingerprint density at radius 3 is 2.05 bits per heavy atom. The van der Waals surface area contributed by atoms with Crippen molar-refractivity contribution in [1.82, 2.24) is 0 Å². The molecule has 0 radical (unpaired) electrons. The number of aryl methyl sites for hydroxylation is 2. The molecule has 1 aromatic heterocycles. The van der Waals surface area contributed by atoms with E-state index < -0.39 is 10.8 Å². The molecule has 3 heterocycles. The number of nitrogens with zero attached hydrogens (tertiary/aromatic N) is 2. The van der Waals surface area contributed by atoms with Crippen LogP contribution in [0.1, 0.15) is 53.4 Å². The van der Waals surface area contributed by atoms with E-state index in [1.54, 1.807) is 17.4 Å². The number of amides is 2. The number of phenolic OH excluding ortho intramolecular Hbond substituents is 1. The van der Waals surface area contributed by atoms with Crippen molar-refractivity contribution in [1.29, 1.82) is 0 Å². The van der Waals surface area contributed by atoms with E-state index in [4.69, 9.17) is 23.2 Å². The standard InChI is InChI=1S/C33H30Cl2N2O3S/c1-17-7-23-28(26-18(2)13-41-29(17)26)20(10-35)12-36(23)30(39)32-14-33(15-32,16-32)31(40)37-11-19(9-34)27-22-6-4-3-5-21(22)25(38)8-24(27)37/h3-8,13,19-20,38H,9-12,14-16H2,1-2H3/t19-,20-,32?,33?/m1/s1. The van der Waals surface area contributed by atoms with Crippen LogP contribution < -0.4 is 9.80 Å². The minimum absolute atomic E-state index is 0.00159. The second-order valence-corrected chi connectivity index (χ2v) is 14.2. The number of anilines is 2. The highest BCUT2D eigenvalue weighted by Gasteiger charge is 2.76. The van der Waals surface area contributed by atoms with Crippen LogP contribution in [0.25, 0.3) is 20.9 Å². The van der Waals surface area contributed by atoms with Crippen molar-refractivity contribution in [3.8, 4) is 5.75 Å². The van der Waals surface area contributed by atoms with E-state index in [0.29, 0.717) is 44.1 Å². The van der Waals surface area contributed by atoms with Crippen LogP contribution in [-0.2, 0) is 9.59 Å². The Hall–Kier alpha value is -2.80. The summed E-state index contributed by atoms with van der Waals surface area (Å²) in [6, 6.07) is 11.6. The highest BCUT2D eigenvalue weighted by Crippen LogP contribution is 2.75. The molecule has 3 aromatic carbocycles. The van der Waals surface area contributed by atoms with E-state index in [-0.39, 0.29) is 29.4 Å². The number of halogens is 2. The zero-order valence-electron chi connectivity index (χ0n) is 23.0. The summed E-state index contributed by atoms with van der Waals surface area (Å²) in [6.07, 6.45) is 1.72. The van der Waals surface area contributed by atoms with Gasteiger partial charge in [-0.15, -0.1) is 34.5 Å². The van der Waals surface area contributed by atoms with E-state index in [0.717, 1.165) is 27.7 Å². The maximum atomic E-state index is 14.2. The van der Waals surface area contributed by atoms with Gasteiger partial charge < -0.3 is 14.9 Å². The second kappa shape index (κ2) is 8.62. The fraction of sp³-hybridized carbons (Fsp3) is 0.394. The second-order valence-electron chi connectivity index (χ2n) is 12.7. The van der Waals surface area contributed by atoms with E-state index in [2.05, 4.69) is 25.3 Å². The van der Waals surface area contributed by atoms with E-state index >= 15 is 0 Å². The van der Waals surface area contributed by atoms with Gasteiger partial charge in [0.15, 0.2) is 0 Å². The Balaban J connectivity index is 1.08. The molecule has 0 saturated heterocycles. The summed E-state index contributed by atoms with van der Waals surface area (Å²) in [5.41, 5.74) is 5.41. The highest BCUT2D eigenvalue weighted by atomic mass is 35.5. The lowest BCUT2D eigenvalue weighted by molar-refractivity contribution is -0.204. The zero-order chi connectivity index (χ0) is 28.4. The maximum absolute atomic E-state index is 14.2. The molecule has 2 amide bonds. The number of phenols is 1. The van der Waals surface area contributed by atoms with Crippen LogP contribution in [0.5, 0.6) is 5.75 Å². The average Bonchev–Trinajstić information content (AvgIpc) is 3.60. The first-order valence-electron chi connectivity index (χ1n) is 14.2. The van der Waals surface area contributed by atoms with Crippen molar-refractivity contribution in [2.24, 2.45) is 10.8 Å². The molecular formula is C33H30Cl2N2O3S. The summed E-state index contributed by atoms with van der Waals surface area (Å²) in [5, 5.41) is 16.0. The smallest absolute Gasteiger partial charge is 0.233 e. The summed E-state index contributed by atoms with van der Waals surface area (Å²) >= 11 is 14.6.